The van der Waals surface area contributed by atoms with Gasteiger partial charge in [-0.3, -0.25) is 4.68 Å². The topological polar surface area (TPSA) is 38.1 Å². The molecule has 0 saturated heterocycles. The fourth-order valence-corrected chi connectivity index (χ4v) is 2.57. The average molecular weight is 265 g/mol. The van der Waals surface area contributed by atoms with Crippen molar-refractivity contribution in [2.45, 2.75) is 26.9 Å². The van der Waals surface area contributed by atoms with Crippen molar-refractivity contribution < 1.29 is 5.11 Å². The molecule has 1 heterocycles. The quantitative estimate of drug-likeness (QED) is 0.905. The van der Waals surface area contributed by atoms with E-state index in [0.29, 0.717) is 10.7 Å². The number of aryl methyl sites for hydroxylation is 4. The van der Waals surface area contributed by atoms with Crippen LogP contribution >= 0.6 is 11.6 Å². The van der Waals surface area contributed by atoms with Crippen molar-refractivity contribution in [3.05, 3.63) is 51.3 Å². The van der Waals surface area contributed by atoms with Gasteiger partial charge in [0.1, 0.15) is 11.3 Å². The molecule has 1 atom stereocenters. The molecule has 0 radical (unpaired) electrons. The van der Waals surface area contributed by atoms with E-state index in [2.05, 4.69) is 11.2 Å². The molecule has 0 spiro atoms. The van der Waals surface area contributed by atoms with Crippen LogP contribution in [0.25, 0.3) is 0 Å². The van der Waals surface area contributed by atoms with E-state index in [1.54, 1.807) is 11.7 Å². The molecule has 18 heavy (non-hydrogen) atoms. The van der Waals surface area contributed by atoms with E-state index in [1.165, 1.54) is 0 Å². The fraction of sp³-hybridized carbons (Fsp3) is 0.357. The summed E-state index contributed by atoms with van der Waals surface area (Å²) in [5, 5.41) is 15.2. The zero-order valence-electron chi connectivity index (χ0n) is 11.0. The van der Waals surface area contributed by atoms with Crippen molar-refractivity contribution in [3.63, 3.8) is 0 Å². The highest BCUT2D eigenvalue weighted by molar-refractivity contribution is 6.30. The van der Waals surface area contributed by atoms with Gasteiger partial charge < -0.3 is 5.11 Å². The van der Waals surface area contributed by atoms with E-state index in [1.807, 2.05) is 32.9 Å². The molecular formula is C14H17ClN2O. The Morgan fingerprint density at radius 3 is 2.17 bits per heavy atom. The molecule has 0 aliphatic heterocycles. The molecule has 1 unspecified atom stereocenters. The molecule has 1 aromatic carbocycles. The van der Waals surface area contributed by atoms with E-state index < -0.39 is 6.10 Å². The number of halogens is 1. The largest absolute Gasteiger partial charge is 0.383 e. The van der Waals surface area contributed by atoms with E-state index in [9.17, 15) is 5.11 Å². The molecule has 0 aliphatic carbocycles. The Morgan fingerprint density at radius 1 is 1.17 bits per heavy atom. The van der Waals surface area contributed by atoms with Crippen LogP contribution in [0.2, 0.25) is 5.15 Å². The maximum Gasteiger partial charge on any atom is 0.133 e. The smallest absolute Gasteiger partial charge is 0.133 e. The van der Waals surface area contributed by atoms with Crippen LogP contribution in [-0.4, -0.2) is 14.9 Å². The summed E-state index contributed by atoms with van der Waals surface area (Å²) in [4.78, 5) is 0. The molecule has 3 nitrogen and oxygen atoms in total. The standard InChI is InChI=1S/C14H17ClN2O/c1-8-5-9(2)7-11(6-8)13(18)12-10(3)16-17(4)14(12)15/h5-7,13,18H,1-4H3. The summed E-state index contributed by atoms with van der Waals surface area (Å²) in [5.41, 5.74) is 4.55. The van der Waals surface area contributed by atoms with Crippen molar-refractivity contribution in [1.29, 1.82) is 0 Å². The lowest BCUT2D eigenvalue weighted by molar-refractivity contribution is 0.219. The molecular weight excluding hydrogens is 248 g/mol. The van der Waals surface area contributed by atoms with Crippen LogP contribution in [0.3, 0.4) is 0 Å². The number of aliphatic hydroxyl groups is 1. The number of benzene rings is 1. The first-order chi connectivity index (χ1) is 8.40. The molecule has 0 bridgehead atoms. The van der Waals surface area contributed by atoms with Crippen molar-refractivity contribution in [2.24, 2.45) is 7.05 Å². The van der Waals surface area contributed by atoms with Crippen molar-refractivity contribution in [3.8, 4) is 0 Å². The Morgan fingerprint density at radius 2 is 1.72 bits per heavy atom. The minimum atomic E-state index is -0.732. The van der Waals surface area contributed by atoms with E-state index in [0.717, 1.165) is 22.4 Å². The summed E-state index contributed by atoms with van der Waals surface area (Å²) in [6, 6.07) is 6.02. The monoisotopic (exact) mass is 264 g/mol. The van der Waals surface area contributed by atoms with Gasteiger partial charge in [-0.1, -0.05) is 40.9 Å². The fourth-order valence-electron chi connectivity index (χ4n) is 2.29. The van der Waals surface area contributed by atoms with Crippen molar-refractivity contribution in [1.82, 2.24) is 9.78 Å². The van der Waals surface area contributed by atoms with Gasteiger partial charge in [-0.25, -0.2) is 0 Å². The third-order valence-corrected chi connectivity index (χ3v) is 3.48. The highest BCUT2D eigenvalue weighted by atomic mass is 35.5. The highest BCUT2D eigenvalue weighted by Crippen LogP contribution is 2.31. The zero-order valence-corrected chi connectivity index (χ0v) is 11.8. The van der Waals surface area contributed by atoms with Gasteiger partial charge >= 0.3 is 0 Å². The number of hydrogen-bond acceptors (Lipinski definition) is 2. The van der Waals surface area contributed by atoms with Gasteiger partial charge in [0.25, 0.3) is 0 Å². The van der Waals surface area contributed by atoms with E-state index >= 15 is 0 Å². The normalized spacial score (nSPS) is 12.8. The van der Waals surface area contributed by atoms with Gasteiger partial charge in [-0.15, -0.1) is 0 Å². The van der Waals surface area contributed by atoms with Crippen LogP contribution in [0.1, 0.15) is 34.1 Å². The van der Waals surface area contributed by atoms with Crippen LogP contribution in [0.4, 0.5) is 0 Å². The Kier molecular flexibility index (Phi) is 3.46. The predicted octanol–water partition coefficient (Wildman–Crippen LogP) is 3.08. The second-order valence-corrected chi connectivity index (χ2v) is 5.10. The van der Waals surface area contributed by atoms with Crippen LogP contribution in [0.5, 0.6) is 0 Å². The maximum absolute atomic E-state index is 10.5. The van der Waals surface area contributed by atoms with Crippen molar-refractivity contribution >= 4 is 11.6 Å². The van der Waals surface area contributed by atoms with Gasteiger partial charge in [0.15, 0.2) is 0 Å². The van der Waals surface area contributed by atoms with Crippen LogP contribution in [0, 0.1) is 20.8 Å². The Bertz CT molecular complexity index is 569. The summed E-state index contributed by atoms with van der Waals surface area (Å²) in [6.07, 6.45) is -0.732. The lowest BCUT2D eigenvalue weighted by atomic mass is 9.98. The summed E-state index contributed by atoms with van der Waals surface area (Å²) < 4.78 is 1.58. The Hall–Kier alpha value is -1.32. The minimum Gasteiger partial charge on any atom is -0.383 e. The first-order valence-corrected chi connectivity index (χ1v) is 6.23. The summed E-state index contributed by atoms with van der Waals surface area (Å²) in [7, 11) is 1.77. The van der Waals surface area contributed by atoms with Crippen LogP contribution < -0.4 is 0 Å². The molecule has 4 heteroatoms. The highest BCUT2D eigenvalue weighted by Gasteiger charge is 2.21. The molecule has 1 aromatic heterocycles. The van der Waals surface area contributed by atoms with Gasteiger partial charge in [-0.2, -0.15) is 5.10 Å². The van der Waals surface area contributed by atoms with Crippen LogP contribution in [0.15, 0.2) is 18.2 Å². The number of nitrogens with zero attached hydrogens (tertiary/aromatic N) is 2. The molecule has 0 amide bonds. The van der Waals surface area contributed by atoms with Crippen LogP contribution in [-0.2, 0) is 7.05 Å². The third kappa shape index (κ3) is 2.28. The molecule has 0 fully saturated rings. The van der Waals surface area contributed by atoms with Crippen molar-refractivity contribution in [2.75, 3.05) is 0 Å². The van der Waals surface area contributed by atoms with Gasteiger partial charge in [0.2, 0.25) is 0 Å². The van der Waals surface area contributed by atoms with E-state index in [4.69, 9.17) is 11.6 Å². The number of aromatic nitrogens is 2. The minimum absolute atomic E-state index is 0.485. The van der Waals surface area contributed by atoms with Gasteiger partial charge in [0.05, 0.1) is 5.69 Å². The van der Waals surface area contributed by atoms with Gasteiger partial charge in [-0.05, 0) is 26.3 Å². The number of hydrogen-bond donors (Lipinski definition) is 1. The molecule has 2 aromatic rings. The molecule has 0 aliphatic rings. The predicted molar refractivity (Wildman–Crippen MR) is 72.9 cm³/mol. The second kappa shape index (κ2) is 4.75. The number of rotatable bonds is 2. The second-order valence-electron chi connectivity index (χ2n) is 4.74. The number of aliphatic hydroxyl groups excluding tert-OH is 1. The molecule has 0 saturated carbocycles. The third-order valence-electron chi connectivity index (χ3n) is 3.03. The average Bonchev–Trinajstić information content (AvgIpc) is 2.51. The maximum atomic E-state index is 10.5. The lowest BCUT2D eigenvalue weighted by Crippen LogP contribution is -2.02. The molecule has 2 rings (SSSR count). The van der Waals surface area contributed by atoms with Gasteiger partial charge in [0, 0.05) is 12.6 Å². The SMILES string of the molecule is Cc1cc(C)cc(C(O)c2c(C)nn(C)c2Cl)c1. The lowest BCUT2D eigenvalue weighted by Gasteiger charge is -2.13. The summed E-state index contributed by atoms with van der Waals surface area (Å²) >= 11 is 6.18. The first-order valence-electron chi connectivity index (χ1n) is 5.85. The zero-order chi connectivity index (χ0) is 13.4. The summed E-state index contributed by atoms with van der Waals surface area (Å²) in [6.45, 7) is 5.88. The molecule has 96 valence electrons. The first kappa shape index (κ1) is 13.1. The summed E-state index contributed by atoms with van der Waals surface area (Å²) in [5.74, 6) is 0. The Labute approximate surface area is 112 Å². The molecule has 1 N–H and O–H groups in total. The van der Waals surface area contributed by atoms with E-state index in [-0.39, 0.29) is 0 Å². The Balaban J connectivity index is 2.50.